The summed E-state index contributed by atoms with van der Waals surface area (Å²) >= 11 is 25.3. The second-order valence-corrected chi connectivity index (χ2v) is 14.8. The van der Waals surface area contributed by atoms with Gasteiger partial charge in [0.2, 0.25) is 0 Å². The van der Waals surface area contributed by atoms with Gasteiger partial charge in [0, 0.05) is 42.8 Å². The zero-order valence-electron chi connectivity index (χ0n) is 24.4. The molecule has 244 valence electrons. The standard InChI is InChI=1S/C29H32Cl4N4O6S2/c1-3-34-24-16-20(30)22(32)18-26(24)36(12-8-14-44(38,39)40)28(34)10-6-5-7-11-29-35(4-2)25-17-21(31)23(33)19-27(25)37(29)13-9-15-45(41,42)43/h5-7,10-11,16-19H,3-4,8-9,12-15H2,1-2H3,(H-,38,39,40,41,42,43)/p-1. The summed E-state index contributed by atoms with van der Waals surface area (Å²) in [7, 11) is -8.75. The molecule has 3 aromatic rings. The number of anilines is 2. The lowest BCUT2D eigenvalue weighted by atomic mass is 10.2. The second-order valence-electron chi connectivity index (χ2n) is 10.2. The number of hydrogen-bond acceptors (Lipinski definition) is 8. The van der Waals surface area contributed by atoms with Gasteiger partial charge in [-0.25, -0.2) is 26.0 Å². The molecule has 0 N–H and O–H groups in total. The highest BCUT2D eigenvalue weighted by molar-refractivity contribution is 7.85. The fraction of sp³-hybridized carbons (Fsp3) is 0.345. The minimum absolute atomic E-state index is 0.118. The Morgan fingerprint density at radius 3 is 1.93 bits per heavy atom. The number of aromatic nitrogens is 2. The van der Waals surface area contributed by atoms with Crippen molar-refractivity contribution in [2.24, 2.45) is 0 Å². The lowest BCUT2D eigenvalue weighted by Crippen LogP contribution is -2.37. The topological polar surface area (TPSA) is 130 Å². The maximum absolute atomic E-state index is 11.3. The SMILES string of the molecule is CCN1/C(=C/C=C/C=C/c2n(CC)c3cc(Cl)c(Cl)cc3[n+]2CCCS(=O)(=O)[O-])N(CCCS(=O)(=O)[O-])c2cc(Cl)c(Cl)cc21. The summed E-state index contributed by atoms with van der Waals surface area (Å²) in [6.45, 7) is 5.62. The Kier molecular flexibility index (Phi) is 11.6. The Morgan fingerprint density at radius 2 is 1.33 bits per heavy atom. The Labute approximate surface area is 283 Å². The van der Waals surface area contributed by atoms with E-state index in [4.69, 9.17) is 46.4 Å². The molecule has 0 radical (unpaired) electrons. The largest absolute Gasteiger partial charge is 0.748 e. The van der Waals surface area contributed by atoms with E-state index in [1.54, 1.807) is 24.3 Å². The maximum atomic E-state index is 11.3. The minimum Gasteiger partial charge on any atom is -0.748 e. The molecule has 0 saturated carbocycles. The van der Waals surface area contributed by atoms with E-state index in [0.29, 0.717) is 33.2 Å². The number of hydrogen-bond donors (Lipinski definition) is 0. The van der Waals surface area contributed by atoms with Crippen LogP contribution in [0.4, 0.5) is 11.4 Å². The van der Waals surface area contributed by atoms with Crippen LogP contribution in [0.15, 0.2) is 54.4 Å². The first-order chi connectivity index (χ1) is 21.1. The fourth-order valence-electron chi connectivity index (χ4n) is 5.34. The molecule has 0 fully saturated rings. The zero-order chi connectivity index (χ0) is 33.1. The highest BCUT2D eigenvalue weighted by Gasteiger charge is 2.31. The van der Waals surface area contributed by atoms with E-state index in [1.165, 1.54) is 0 Å². The van der Waals surface area contributed by atoms with Crippen molar-refractivity contribution in [1.82, 2.24) is 4.57 Å². The Hall–Kier alpha value is -2.29. The Morgan fingerprint density at radius 1 is 0.756 bits per heavy atom. The molecular formula is C29H31Cl4N4O6S2-. The number of imidazole rings is 1. The molecule has 0 bridgehead atoms. The van der Waals surface area contributed by atoms with Crippen LogP contribution in [0.2, 0.25) is 20.1 Å². The maximum Gasteiger partial charge on any atom is 0.282 e. The second kappa shape index (κ2) is 14.6. The first kappa shape index (κ1) is 35.6. The average Bonchev–Trinajstić information content (AvgIpc) is 3.38. The smallest absolute Gasteiger partial charge is 0.282 e. The van der Waals surface area contributed by atoms with Crippen molar-refractivity contribution in [3.05, 3.63) is 80.3 Å². The van der Waals surface area contributed by atoms with Gasteiger partial charge in [-0.1, -0.05) is 64.6 Å². The van der Waals surface area contributed by atoms with Gasteiger partial charge in [-0.2, -0.15) is 0 Å². The Balaban J connectivity index is 1.69. The molecule has 1 aliphatic heterocycles. The summed E-state index contributed by atoms with van der Waals surface area (Å²) < 4.78 is 71.5. The summed E-state index contributed by atoms with van der Waals surface area (Å²) in [5, 5.41) is 1.46. The monoisotopic (exact) mass is 735 g/mol. The molecule has 16 heteroatoms. The van der Waals surface area contributed by atoms with Crippen LogP contribution >= 0.6 is 46.4 Å². The number of fused-ring (bicyclic) bond motifs is 2. The van der Waals surface area contributed by atoms with Crippen molar-refractivity contribution < 1.29 is 30.5 Å². The lowest BCUT2D eigenvalue weighted by molar-refractivity contribution is -0.673. The van der Waals surface area contributed by atoms with Crippen molar-refractivity contribution in [2.75, 3.05) is 34.4 Å². The number of aryl methyl sites for hydroxylation is 2. The van der Waals surface area contributed by atoms with Gasteiger partial charge in [0.15, 0.2) is 11.0 Å². The van der Waals surface area contributed by atoms with Crippen LogP contribution in [-0.2, 0) is 33.3 Å². The zero-order valence-corrected chi connectivity index (χ0v) is 29.1. The lowest BCUT2D eigenvalue weighted by Gasteiger charge is -2.24. The third kappa shape index (κ3) is 8.55. The molecule has 0 aliphatic carbocycles. The number of allylic oxidation sites excluding steroid dienone is 4. The van der Waals surface area contributed by atoms with Gasteiger partial charge in [-0.15, -0.1) is 0 Å². The van der Waals surface area contributed by atoms with E-state index < -0.39 is 31.7 Å². The van der Waals surface area contributed by atoms with Gasteiger partial charge in [0.1, 0.15) is 5.82 Å². The molecule has 0 unspecified atom stereocenters. The van der Waals surface area contributed by atoms with E-state index in [9.17, 15) is 25.9 Å². The summed E-state index contributed by atoms with van der Waals surface area (Å²) in [6.07, 6.45) is 9.42. The molecule has 0 spiro atoms. The predicted molar refractivity (Wildman–Crippen MR) is 179 cm³/mol. The fourth-order valence-corrected chi connectivity index (χ4v) is 6.94. The summed E-state index contributed by atoms with van der Waals surface area (Å²) in [5.41, 5.74) is 3.10. The van der Waals surface area contributed by atoms with E-state index >= 15 is 0 Å². The highest BCUT2D eigenvalue weighted by atomic mass is 35.5. The van der Waals surface area contributed by atoms with Gasteiger partial charge < -0.3 is 18.9 Å². The van der Waals surface area contributed by atoms with Crippen molar-refractivity contribution in [2.45, 2.75) is 39.8 Å². The first-order valence-corrected chi connectivity index (χ1v) is 18.7. The van der Waals surface area contributed by atoms with E-state index in [-0.39, 0.29) is 25.9 Å². The quantitative estimate of drug-likeness (QED) is 0.115. The number of benzene rings is 2. The van der Waals surface area contributed by atoms with Crippen LogP contribution in [-0.4, -0.2) is 55.1 Å². The van der Waals surface area contributed by atoms with Crippen LogP contribution in [0, 0.1) is 0 Å². The first-order valence-electron chi connectivity index (χ1n) is 14.0. The third-order valence-electron chi connectivity index (χ3n) is 7.20. The van der Waals surface area contributed by atoms with Gasteiger partial charge in [-0.05, 0) is 44.9 Å². The summed E-state index contributed by atoms with van der Waals surface area (Å²) in [5.74, 6) is 0.501. The van der Waals surface area contributed by atoms with Crippen molar-refractivity contribution in [3.8, 4) is 0 Å². The van der Waals surface area contributed by atoms with Gasteiger partial charge in [-0.3, -0.25) is 0 Å². The van der Waals surface area contributed by atoms with E-state index in [0.717, 1.165) is 34.1 Å². The molecule has 2 aromatic carbocycles. The molecule has 0 atom stereocenters. The predicted octanol–water partition coefficient (Wildman–Crippen LogP) is 6.19. The van der Waals surface area contributed by atoms with Crippen molar-refractivity contribution >= 4 is 95.1 Å². The number of nitrogens with zero attached hydrogens (tertiary/aromatic N) is 4. The minimum atomic E-state index is -4.38. The van der Waals surface area contributed by atoms with Crippen molar-refractivity contribution in [3.63, 3.8) is 0 Å². The molecule has 1 aliphatic rings. The molecule has 0 amide bonds. The summed E-state index contributed by atoms with van der Waals surface area (Å²) in [6, 6.07) is 6.95. The van der Waals surface area contributed by atoms with E-state index in [2.05, 4.69) is 0 Å². The van der Waals surface area contributed by atoms with Crippen LogP contribution in [0.5, 0.6) is 0 Å². The highest BCUT2D eigenvalue weighted by Crippen LogP contribution is 2.45. The van der Waals surface area contributed by atoms with Gasteiger partial charge >= 0.3 is 0 Å². The number of rotatable bonds is 13. The normalized spacial score (nSPS) is 15.1. The van der Waals surface area contributed by atoms with Gasteiger partial charge in [0.05, 0.1) is 64.8 Å². The molecule has 4 rings (SSSR count). The van der Waals surface area contributed by atoms with Crippen molar-refractivity contribution in [1.29, 1.82) is 0 Å². The third-order valence-corrected chi connectivity index (χ3v) is 10.2. The van der Waals surface area contributed by atoms with E-state index in [1.807, 2.05) is 63.2 Å². The molecular weight excluding hydrogens is 706 g/mol. The average molecular weight is 738 g/mol. The number of halogens is 4. The van der Waals surface area contributed by atoms with Crippen LogP contribution < -0.4 is 14.4 Å². The molecule has 45 heavy (non-hydrogen) atoms. The molecule has 0 saturated heterocycles. The Bertz CT molecular complexity index is 1910. The molecule has 1 aromatic heterocycles. The molecule has 2 heterocycles. The molecule has 10 nitrogen and oxygen atoms in total. The summed E-state index contributed by atoms with van der Waals surface area (Å²) in [4.78, 5) is 3.92. The van der Waals surface area contributed by atoms with Crippen LogP contribution in [0.25, 0.3) is 17.1 Å². The van der Waals surface area contributed by atoms with Gasteiger partial charge in [0.25, 0.3) is 5.82 Å². The van der Waals surface area contributed by atoms with Crippen LogP contribution in [0.1, 0.15) is 32.5 Å². The van der Waals surface area contributed by atoms with Crippen LogP contribution in [0.3, 0.4) is 0 Å².